The van der Waals surface area contributed by atoms with Gasteiger partial charge in [0.15, 0.2) is 0 Å². The van der Waals surface area contributed by atoms with Crippen molar-refractivity contribution in [1.29, 1.82) is 5.41 Å². The maximum Gasteiger partial charge on any atom is 0.0710 e. The van der Waals surface area contributed by atoms with Crippen LogP contribution in [0.2, 0.25) is 0 Å². The number of hydrogen-bond acceptors (Lipinski definition) is 3. The molecule has 1 aliphatic carbocycles. The highest BCUT2D eigenvalue weighted by Gasteiger charge is 2.23. The Morgan fingerprint density at radius 2 is 2.41 bits per heavy atom. The van der Waals surface area contributed by atoms with Crippen LogP contribution >= 0.6 is 0 Å². The number of rotatable bonds is 3. The smallest absolute Gasteiger partial charge is 0.0710 e. The van der Waals surface area contributed by atoms with Crippen LogP contribution in [0.3, 0.4) is 0 Å². The van der Waals surface area contributed by atoms with Gasteiger partial charge < -0.3 is 10.1 Å². The molecule has 2 rings (SSSR count). The van der Waals surface area contributed by atoms with Crippen molar-refractivity contribution in [3.63, 3.8) is 0 Å². The van der Waals surface area contributed by atoms with E-state index in [0.29, 0.717) is 6.10 Å². The van der Waals surface area contributed by atoms with Gasteiger partial charge in [0.25, 0.3) is 0 Å². The van der Waals surface area contributed by atoms with Crippen LogP contribution in [0.15, 0.2) is 23.8 Å². The quantitative estimate of drug-likeness (QED) is 0.814. The van der Waals surface area contributed by atoms with Gasteiger partial charge in [-0.05, 0) is 31.3 Å². The number of hydrogen-bond donors (Lipinski definition) is 1. The molecule has 1 N–H and O–H groups in total. The Morgan fingerprint density at radius 1 is 1.53 bits per heavy atom. The van der Waals surface area contributed by atoms with Crippen LogP contribution in [0, 0.1) is 5.41 Å². The number of methoxy groups -OCH3 is 1. The molecule has 1 atom stereocenters. The molecule has 1 unspecified atom stereocenters. The van der Waals surface area contributed by atoms with Crippen molar-refractivity contribution in [3.8, 4) is 0 Å². The first kappa shape index (κ1) is 12.5. The lowest BCUT2D eigenvalue weighted by Gasteiger charge is -2.19. The molecule has 0 aromatic rings. The fourth-order valence-corrected chi connectivity index (χ4v) is 2.46. The van der Waals surface area contributed by atoms with Crippen LogP contribution in [0.1, 0.15) is 25.7 Å². The Bertz CT molecular complexity index is 333. The van der Waals surface area contributed by atoms with Crippen molar-refractivity contribution in [1.82, 2.24) is 4.90 Å². The van der Waals surface area contributed by atoms with E-state index in [4.69, 9.17) is 10.1 Å². The van der Waals surface area contributed by atoms with Crippen LogP contribution in [0.5, 0.6) is 0 Å². The van der Waals surface area contributed by atoms with E-state index < -0.39 is 0 Å². The van der Waals surface area contributed by atoms with E-state index in [2.05, 4.69) is 23.1 Å². The van der Waals surface area contributed by atoms with E-state index in [1.165, 1.54) is 5.57 Å². The first-order valence-electron chi connectivity index (χ1n) is 6.48. The lowest BCUT2D eigenvalue weighted by atomic mass is 10.0. The summed E-state index contributed by atoms with van der Waals surface area (Å²) in [5.74, 6) is 0. The van der Waals surface area contributed by atoms with Gasteiger partial charge in [-0.15, -0.1) is 0 Å². The van der Waals surface area contributed by atoms with Crippen LogP contribution in [0.4, 0.5) is 0 Å². The van der Waals surface area contributed by atoms with E-state index in [1.54, 1.807) is 7.11 Å². The average molecular weight is 234 g/mol. The van der Waals surface area contributed by atoms with E-state index >= 15 is 0 Å². The fourth-order valence-electron chi connectivity index (χ4n) is 2.46. The normalized spacial score (nSPS) is 29.8. The van der Waals surface area contributed by atoms with Gasteiger partial charge in [0.2, 0.25) is 0 Å². The van der Waals surface area contributed by atoms with Gasteiger partial charge in [-0.3, -0.25) is 4.90 Å². The molecular weight excluding hydrogens is 212 g/mol. The zero-order valence-corrected chi connectivity index (χ0v) is 10.6. The van der Waals surface area contributed by atoms with Gasteiger partial charge in [0.05, 0.1) is 6.10 Å². The zero-order chi connectivity index (χ0) is 12.1. The molecule has 0 bridgehead atoms. The predicted molar refractivity (Wildman–Crippen MR) is 70.7 cm³/mol. The summed E-state index contributed by atoms with van der Waals surface area (Å²) in [6, 6.07) is 0. The second-order valence-electron chi connectivity index (χ2n) is 4.87. The maximum absolute atomic E-state index is 8.08. The molecule has 0 radical (unpaired) electrons. The molecule has 0 saturated carbocycles. The highest BCUT2D eigenvalue weighted by atomic mass is 16.5. The average Bonchev–Trinajstić information content (AvgIpc) is 2.77. The molecule has 0 aromatic carbocycles. The van der Waals surface area contributed by atoms with Crippen LogP contribution < -0.4 is 0 Å². The van der Waals surface area contributed by atoms with Gasteiger partial charge >= 0.3 is 0 Å². The third-order valence-corrected chi connectivity index (χ3v) is 3.58. The van der Waals surface area contributed by atoms with Gasteiger partial charge in [-0.1, -0.05) is 18.2 Å². The Hall–Kier alpha value is -0.930. The van der Waals surface area contributed by atoms with E-state index in [1.807, 2.05) is 0 Å². The lowest BCUT2D eigenvalue weighted by molar-refractivity contribution is 0.109. The SMILES string of the molecule is COC1CCN(C/C2=C/C=CCCCC2=N)C1. The van der Waals surface area contributed by atoms with Crippen molar-refractivity contribution < 1.29 is 4.74 Å². The molecule has 1 saturated heterocycles. The van der Waals surface area contributed by atoms with Gasteiger partial charge in [-0.25, -0.2) is 0 Å². The zero-order valence-electron chi connectivity index (χ0n) is 10.6. The topological polar surface area (TPSA) is 36.3 Å². The number of nitrogens with one attached hydrogen (secondary N) is 1. The highest BCUT2D eigenvalue weighted by molar-refractivity contribution is 5.98. The molecule has 17 heavy (non-hydrogen) atoms. The second-order valence-corrected chi connectivity index (χ2v) is 4.87. The molecule has 0 spiro atoms. The van der Waals surface area contributed by atoms with E-state index in [0.717, 1.165) is 51.0 Å². The lowest BCUT2D eigenvalue weighted by Crippen LogP contribution is -2.27. The Balaban J connectivity index is 1.94. The summed E-state index contributed by atoms with van der Waals surface area (Å²) in [5, 5.41) is 8.08. The molecule has 1 heterocycles. The Morgan fingerprint density at radius 3 is 3.18 bits per heavy atom. The van der Waals surface area contributed by atoms with Crippen LogP contribution in [-0.2, 0) is 4.74 Å². The maximum atomic E-state index is 8.08. The van der Waals surface area contributed by atoms with E-state index in [-0.39, 0.29) is 0 Å². The minimum absolute atomic E-state index is 0.383. The van der Waals surface area contributed by atoms with Gasteiger partial charge in [0.1, 0.15) is 0 Å². The molecule has 1 aliphatic heterocycles. The minimum Gasteiger partial charge on any atom is -0.380 e. The van der Waals surface area contributed by atoms with Crippen molar-refractivity contribution in [2.75, 3.05) is 26.7 Å². The molecule has 0 aromatic heterocycles. The van der Waals surface area contributed by atoms with Crippen molar-refractivity contribution in [3.05, 3.63) is 23.8 Å². The molecule has 3 nitrogen and oxygen atoms in total. The Labute approximate surface area is 104 Å². The molecule has 1 fully saturated rings. The number of likely N-dealkylation sites (tertiary alicyclic amines) is 1. The predicted octanol–water partition coefficient (Wildman–Crippen LogP) is 2.39. The third-order valence-electron chi connectivity index (χ3n) is 3.58. The summed E-state index contributed by atoms with van der Waals surface area (Å²) >= 11 is 0. The number of nitrogens with zero attached hydrogens (tertiary/aromatic N) is 1. The molecule has 0 amide bonds. The number of allylic oxidation sites excluding steroid dienone is 3. The summed E-state index contributed by atoms with van der Waals surface area (Å²) in [7, 11) is 1.79. The van der Waals surface area contributed by atoms with E-state index in [9.17, 15) is 0 Å². The van der Waals surface area contributed by atoms with Gasteiger partial charge in [-0.2, -0.15) is 0 Å². The van der Waals surface area contributed by atoms with Crippen LogP contribution in [0.25, 0.3) is 0 Å². The molecule has 2 aliphatic rings. The van der Waals surface area contributed by atoms with Crippen molar-refractivity contribution in [2.45, 2.75) is 31.8 Å². The molecular formula is C14H22N2O. The van der Waals surface area contributed by atoms with Gasteiger partial charge in [0, 0.05) is 32.5 Å². The standard InChI is InChI=1S/C14H22N2O/c1-17-13-8-9-16(11-13)10-12-6-4-2-3-5-7-14(12)15/h2,4,6,13,15H,3,5,7-11H2,1H3/b4-2?,12-6-,15-14?. The number of ether oxygens (including phenoxy) is 1. The summed E-state index contributed by atoms with van der Waals surface area (Å²) < 4.78 is 5.37. The third kappa shape index (κ3) is 3.51. The summed E-state index contributed by atoms with van der Waals surface area (Å²) in [5.41, 5.74) is 1.99. The largest absolute Gasteiger partial charge is 0.380 e. The molecule has 94 valence electrons. The monoisotopic (exact) mass is 234 g/mol. The summed E-state index contributed by atoms with van der Waals surface area (Å²) in [6.07, 6.45) is 11.0. The summed E-state index contributed by atoms with van der Waals surface area (Å²) in [6.45, 7) is 3.00. The minimum atomic E-state index is 0.383. The van der Waals surface area contributed by atoms with Crippen molar-refractivity contribution >= 4 is 5.71 Å². The van der Waals surface area contributed by atoms with Crippen LogP contribution in [-0.4, -0.2) is 43.5 Å². The first-order chi connectivity index (χ1) is 8.29. The fraction of sp³-hybridized carbons (Fsp3) is 0.643. The summed E-state index contributed by atoms with van der Waals surface area (Å²) in [4.78, 5) is 2.39. The second kappa shape index (κ2) is 6.12. The first-order valence-corrected chi connectivity index (χ1v) is 6.48. The molecule has 3 heteroatoms. The van der Waals surface area contributed by atoms with Crippen molar-refractivity contribution in [2.24, 2.45) is 0 Å². The Kier molecular flexibility index (Phi) is 4.51. The highest BCUT2D eigenvalue weighted by Crippen LogP contribution is 2.16.